The molecule has 0 aromatic carbocycles. The molecule has 98 valence electrons. The average molecular weight is 250 g/mol. The van der Waals surface area contributed by atoms with Gasteiger partial charge in [-0.15, -0.1) is 0 Å². The number of hydrogen-bond donors (Lipinski definition) is 1. The van der Waals surface area contributed by atoms with Gasteiger partial charge in [-0.3, -0.25) is 9.89 Å². The number of ketones is 1. The Labute approximate surface area is 106 Å². The Morgan fingerprint density at radius 1 is 1.39 bits per heavy atom. The number of aryl methyl sites for hydroxylation is 1. The Balaban J connectivity index is 1.80. The molecule has 1 aromatic rings. The summed E-state index contributed by atoms with van der Waals surface area (Å²) < 4.78 is 4.99. The van der Waals surface area contributed by atoms with Crippen LogP contribution in [0, 0.1) is 12.8 Å². The fourth-order valence-corrected chi connectivity index (χ4v) is 2.28. The lowest BCUT2D eigenvalue weighted by Gasteiger charge is -2.19. The first-order valence-electron chi connectivity index (χ1n) is 6.38. The van der Waals surface area contributed by atoms with E-state index in [2.05, 4.69) is 10.2 Å². The van der Waals surface area contributed by atoms with Crippen molar-refractivity contribution in [1.82, 2.24) is 10.2 Å². The Bertz CT molecular complexity index is 433. The van der Waals surface area contributed by atoms with Crippen molar-refractivity contribution in [2.45, 2.75) is 39.0 Å². The van der Waals surface area contributed by atoms with Crippen LogP contribution in [0.5, 0.6) is 0 Å². The number of esters is 1. The highest BCUT2D eigenvalue weighted by molar-refractivity contribution is 5.90. The minimum absolute atomic E-state index is 0.0373. The third kappa shape index (κ3) is 3.18. The van der Waals surface area contributed by atoms with Crippen molar-refractivity contribution in [3.63, 3.8) is 0 Å². The van der Waals surface area contributed by atoms with Crippen LogP contribution in [0.15, 0.2) is 6.07 Å². The molecule has 0 atom stereocenters. The number of nitrogens with one attached hydrogen (secondary N) is 1. The smallest absolute Gasteiger partial charge is 0.359 e. The zero-order valence-corrected chi connectivity index (χ0v) is 10.6. The highest BCUT2D eigenvalue weighted by atomic mass is 16.5. The van der Waals surface area contributed by atoms with E-state index in [1.165, 1.54) is 6.42 Å². The zero-order chi connectivity index (χ0) is 13.0. The van der Waals surface area contributed by atoms with Gasteiger partial charge in [0.05, 0.1) is 0 Å². The molecule has 5 nitrogen and oxygen atoms in total. The molecule has 5 heteroatoms. The number of carbonyl (C=O) groups excluding carboxylic acids is 2. The fourth-order valence-electron chi connectivity index (χ4n) is 2.28. The van der Waals surface area contributed by atoms with Crippen molar-refractivity contribution in [2.75, 3.05) is 6.61 Å². The number of ether oxygens (including phenoxy) is 1. The largest absolute Gasteiger partial charge is 0.453 e. The number of nitrogens with zero attached hydrogens (tertiary/aromatic N) is 1. The van der Waals surface area contributed by atoms with Gasteiger partial charge in [0.2, 0.25) is 0 Å². The molecule has 0 spiro atoms. The maximum absolute atomic E-state index is 11.8. The second-order valence-electron chi connectivity index (χ2n) is 4.81. The van der Waals surface area contributed by atoms with Gasteiger partial charge in [0.25, 0.3) is 0 Å². The second kappa shape index (κ2) is 5.80. The van der Waals surface area contributed by atoms with Crippen LogP contribution in [0.3, 0.4) is 0 Å². The number of hydrogen-bond acceptors (Lipinski definition) is 4. The molecule has 0 aliphatic heterocycles. The summed E-state index contributed by atoms with van der Waals surface area (Å²) in [6.07, 6.45) is 5.26. The predicted octanol–water partition coefficient (Wildman–Crippen LogP) is 2.02. The maximum Gasteiger partial charge on any atom is 0.359 e. The lowest BCUT2D eigenvalue weighted by Crippen LogP contribution is -2.24. The molecular formula is C13H18N2O3. The molecule has 0 unspecified atom stereocenters. The van der Waals surface area contributed by atoms with Gasteiger partial charge in [-0.25, -0.2) is 4.79 Å². The van der Waals surface area contributed by atoms with Crippen LogP contribution in [0.4, 0.5) is 0 Å². The predicted molar refractivity (Wildman–Crippen MR) is 65.2 cm³/mol. The number of Topliss-reactive ketones (excluding diaryl/α,β-unsaturated/α-hetero) is 1. The van der Waals surface area contributed by atoms with Crippen molar-refractivity contribution in [2.24, 2.45) is 5.92 Å². The molecule has 0 radical (unpaired) electrons. The Kier molecular flexibility index (Phi) is 4.12. The van der Waals surface area contributed by atoms with Crippen LogP contribution >= 0.6 is 0 Å². The molecule has 1 aromatic heterocycles. The number of carbonyl (C=O) groups is 2. The molecule has 18 heavy (non-hydrogen) atoms. The average Bonchev–Trinajstić information content (AvgIpc) is 2.83. The van der Waals surface area contributed by atoms with Gasteiger partial charge in [-0.2, -0.15) is 5.10 Å². The van der Waals surface area contributed by atoms with Crippen molar-refractivity contribution >= 4 is 11.8 Å². The van der Waals surface area contributed by atoms with Crippen LogP contribution in [0.2, 0.25) is 0 Å². The summed E-state index contributed by atoms with van der Waals surface area (Å²) in [5.74, 6) is -0.425. The Morgan fingerprint density at radius 3 is 2.72 bits per heavy atom. The monoisotopic (exact) mass is 250 g/mol. The molecule has 1 fully saturated rings. The summed E-state index contributed by atoms with van der Waals surface area (Å²) in [6.45, 7) is 1.67. The molecule has 0 saturated heterocycles. The lowest BCUT2D eigenvalue weighted by atomic mass is 9.86. The summed E-state index contributed by atoms with van der Waals surface area (Å²) in [6, 6.07) is 1.60. The normalized spacial score (nSPS) is 16.5. The Hall–Kier alpha value is -1.65. The highest BCUT2D eigenvalue weighted by Gasteiger charge is 2.22. The second-order valence-corrected chi connectivity index (χ2v) is 4.81. The van der Waals surface area contributed by atoms with E-state index in [0.717, 1.165) is 31.4 Å². The van der Waals surface area contributed by atoms with Crippen molar-refractivity contribution in [1.29, 1.82) is 0 Å². The fraction of sp³-hybridized carbons (Fsp3) is 0.615. The molecule has 2 rings (SSSR count). The standard InChI is InChI=1S/C13H18N2O3/c1-9-7-11(15-14-9)13(17)18-8-12(16)10-5-3-2-4-6-10/h7,10H,2-6,8H2,1H3,(H,14,15). The van der Waals surface area contributed by atoms with Crippen molar-refractivity contribution in [3.8, 4) is 0 Å². The molecular weight excluding hydrogens is 232 g/mol. The van der Waals surface area contributed by atoms with E-state index >= 15 is 0 Å². The van der Waals surface area contributed by atoms with E-state index in [1.54, 1.807) is 13.0 Å². The minimum Gasteiger partial charge on any atom is -0.453 e. The third-order valence-electron chi connectivity index (χ3n) is 3.32. The first-order chi connectivity index (χ1) is 8.66. The summed E-state index contributed by atoms with van der Waals surface area (Å²) in [5.41, 5.74) is 1.02. The van der Waals surface area contributed by atoms with E-state index in [-0.39, 0.29) is 24.0 Å². The van der Waals surface area contributed by atoms with Crippen molar-refractivity contribution in [3.05, 3.63) is 17.5 Å². The molecule has 1 heterocycles. The van der Waals surface area contributed by atoms with Crippen LogP contribution in [-0.4, -0.2) is 28.6 Å². The van der Waals surface area contributed by atoms with E-state index in [9.17, 15) is 9.59 Å². The number of rotatable bonds is 4. The zero-order valence-electron chi connectivity index (χ0n) is 10.6. The van der Waals surface area contributed by atoms with E-state index in [0.29, 0.717) is 0 Å². The third-order valence-corrected chi connectivity index (χ3v) is 3.32. The minimum atomic E-state index is -0.538. The molecule has 1 N–H and O–H groups in total. The molecule has 0 amide bonds. The molecule has 0 bridgehead atoms. The summed E-state index contributed by atoms with van der Waals surface area (Å²) in [5, 5.41) is 6.46. The highest BCUT2D eigenvalue weighted by Crippen LogP contribution is 2.24. The molecule has 1 aliphatic rings. The summed E-state index contributed by atoms with van der Waals surface area (Å²) >= 11 is 0. The van der Waals surface area contributed by atoms with Gasteiger partial charge in [0, 0.05) is 11.6 Å². The van der Waals surface area contributed by atoms with Gasteiger partial charge in [-0.1, -0.05) is 19.3 Å². The van der Waals surface area contributed by atoms with Gasteiger partial charge < -0.3 is 4.74 Å². The first kappa shape index (κ1) is 12.8. The quantitative estimate of drug-likeness (QED) is 0.830. The van der Waals surface area contributed by atoms with Gasteiger partial charge >= 0.3 is 5.97 Å². The summed E-state index contributed by atoms with van der Waals surface area (Å²) in [7, 11) is 0. The molecule has 1 saturated carbocycles. The van der Waals surface area contributed by atoms with E-state index in [1.807, 2.05) is 0 Å². The number of aromatic amines is 1. The van der Waals surface area contributed by atoms with Crippen LogP contribution in [0.25, 0.3) is 0 Å². The summed E-state index contributed by atoms with van der Waals surface area (Å²) in [4.78, 5) is 23.4. The molecule has 1 aliphatic carbocycles. The SMILES string of the molecule is Cc1cc(C(=O)OCC(=O)C2CCCCC2)n[nH]1. The van der Waals surface area contributed by atoms with E-state index < -0.39 is 5.97 Å². The van der Waals surface area contributed by atoms with Crippen LogP contribution < -0.4 is 0 Å². The van der Waals surface area contributed by atoms with Crippen LogP contribution in [-0.2, 0) is 9.53 Å². The topological polar surface area (TPSA) is 72.1 Å². The lowest BCUT2D eigenvalue weighted by molar-refractivity contribution is -0.126. The van der Waals surface area contributed by atoms with Gasteiger partial charge in [0.1, 0.15) is 0 Å². The van der Waals surface area contributed by atoms with Gasteiger partial charge in [0.15, 0.2) is 18.1 Å². The van der Waals surface area contributed by atoms with Gasteiger partial charge in [-0.05, 0) is 25.8 Å². The van der Waals surface area contributed by atoms with Crippen molar-refractivity contribution < 1.29 is 14.3 Å². The number of H-pyrrole nitrogens is 1. The van der Waals surface area contributed by atoms with E-state index in [4.69, 9.17) is 4.74 Å². The first-order valence-corrected chi connectivity index (χ1v) is 6.38. The van der Waals surface area contributed by atoms with Crippen LogP contribution in [0.1, 0.15) is 48.3 Å². The Morgan fingerprint density at radius 2 is 2.11 bits per heavy atom. The maximum atomic E-state index is 11.8. The number of aromatic nitrogens is 2.